The van der Waals surface area contributed by atoms with Crippen molar-refractivity contribution in [2.75, 3.05) is 29.9 Å². The molecule has 3 heterocycles. The number of likely N-dealkylation sites (tertiary alicyclic amines) is 1. The summed E-state index contributed by atoms with van der Waals surface area (Å²) in [6, 6.07) is 10.5. The first-order valence-corrected chi connectivity index (χ1v) is 11.7. The van der Waals surface area contributed by atoms with E-state index in [1.54, 1.807) is 22.9 Å². The zero-order valence-corrected chi connectivity index (χ0v) is 20.2. The summed E-state index contributed by atoms with van der Waals surface area (Å²) < 4.78 is 1.58. The van der Waals surface area contributed by atoms with Crippen LogP contribution in [0.4, 0.5) is 22.0 Å². The number of nitrogens with zero attached hydrogens (tertiary/aromatic N) is 5. The average molecular weight is 465 g/mol. The Morgan fingerprint density at radius 1 is 1.24 bits per heavy atom. The van der Waals surface area contributed by atoms with Crippen LogP contribution in [0.1, 0.15) is 40.5 Å². The number of nitrogens with one attached hydrogen (secondary N) is 1. The van der Waals surface area contributed by atoms with Gasteiger partial charge in [-0.15, -0.1) is 0 Å². The Kier molecular flexibility index (Phi) is 6.45. The van der Waals surface area contributed by atoms with E-state index >= 15 is 0 Å². The van der Waals surface area contributed by atoms with E-state index in [0.717, 1.165) is 30.9 Å². The van der Waals surface area contributed by atoms with Gasteiger partial charge in [0.25, 0.3) is 5.69 Å². The van der Waals surface area contributed by atoms with Gasteiger partial charge in [0.2, 0.25) is 0 Å². The molecule has 9 heteroatoms. The number of nitro groups is 1. The van der Waals surface area contributed by atoms with Crippen molar-refractivity contribution < 1.29 is 9.72 Å². The molecule has 0 unspecified atom stereocenters. The maximum absolute atomic E-state index is 13.2. The minimum absolute atomic E-state index is 0.0213. The summed E-state index contributed by atoms with van der Waals surface area (Å²) in [6.07, 6.45) is 5.21. The summed E-state index contributed by atoms with van der Waals surface area (Å²) in [7, 11) is 0. The standard InChI is InChI=1S/C25H32N6O3/c1-5-29(23-21(7-6-13-26-23)27-25(2,3)4)19-11-14-28(15-12-19)24(32)30-16-10-18-17-20(31(33)34)8-9-22(18)30/h6-10,13,16-17,19,27H,5,11-12,14-15H2,1-4H3. The topological polar surface area (TPSA) is 96.5 Å². The van der Waals surface area contributed by atoms with Crippen LogP contribution in [-0.4, -0.2) is 56.6 Å². The Balaban J connectivity index is 1.47. The maximum atomic E-state index is 13.2. The second kappa shape index (κ2) is 9.32. The molecule has 4 rings (SSSR count). The molecule has 180 valence electrons. The summed E-state index contributed by atoms with van der Waals surface area (Å²) in [5, 5.41) is 15.3. The number of carbonyl (C=O) groups is 1. The summed E-state index contributed by atoms with van der Waals surface area (Å²) in [5.41, 5.74) is 1.64. The van der Waals surface area contributed by atoms with E-state index in [1.165, 1.54) is 12.1 Å². The fourth-order valence-corrected chi connectivity index (χ4v) is 4.64. The van der Waals surface area contributed by atoms with Gasteiger partial charge in [0.05, 0.1) is 16.1 Å². The predicted octanol–water partition coefficient (Wildman–Crippen LogP) is 5.11. The molecule has 2 aromatic heterocycles. The van der Waals surface area contributed by atoms with Gasteiger partial charge in [-0.3, -0.25) is 14.7 Å². The summed E-state index contributed by atoms with van der Waals surface area (Å²) in [5.74, 6) is 0.947. The SMILES string of the molecule is CCN(c1ncccc1NC(C)(C)C)C1CCN(C(=O)n2ccc3cc([N+](=O)[O-])ccc32)CC1. The summed E-state index contributed by atoms with van der Waals surface area (Å²) in [4.78, 5) is 32.7. The highest BCUT2D eigenvalue weighted by atomic mass is 16.6. The van der Waals surface area contributed by atoms with E-state index in [2.05, 4.69) is 49.0 Å². The molecule has 0 atom stereocenters. The fourth-order valence-electron chi connectivity index (χ4n) is 4.64. The largest absolute Gasteiger partial charge is 0.377 e. The second-order valence-corrected chi connectivity index (χ2v) is 9.72. The first-order chi connectivity index (χ1) is 16.2. The lowest BCUT2D eigenvalue weighted by Gasteiger charge is -2.39. The van der Waals surface area contributed by atoms with Gasteiger partial charge < -0.3 is 15.1 Å². The van der Waals surface area contributed by atoms with Crippen molar-refractivity contribution in [3.63, 3.8) is 0 Å². The minimum atomic E-state index is -0.424. The third kappa shape index (κ3) is 4.83. The molecule has 1 aromatic carbocycles. The Morgan fingerprint density at radius 2 is 1.97 bits per heavy atom. The Morgan fingerprint density at radius 3 is 2.62 bits per heavy atom. The van der Waals surface area contributed by atoms with Crippen LogP contribution in [0.2, 0.25) is 0 Å². The Hall–Kier alpha value is -3.62. The normalized spacial score (nSPS) is 14.9. The highest BCUT2D eigenvalue weighted by molar-refractivity contribution is 5.92. The average Bonchev–Trinajstić information content (AvgIpc) is 3.23. The van der Waals surface area contributed by atoms with Crippen molar-refractivity contribution in [2.45, 2.75) is 52.1 Å². The van der Waals surface area contributed by atoms with E-state index in [9.17, 15) is 14.9 Å². The second-order valence-electron chi connectivity index (χ2n) is 9.72. The van der Waals surface area contributed by atoms with E-state index < -0.39 is 4.92 Å². The minimum Gasteiger partial charge on any atom is -0.377 e. The number of pyridine rings is 1. The van der Waals surface area contributed by atoms with Crippen molar-refractivity contribution in [3.05, 3.63) is 58.9 Å². The molecular weight excluding hydrogens is 432 g/mol. The highest BCUT2D eigenvalue weighted by Crippen LogP contribution is 2.30. The first kappa shape index (κ1) is 23.5. The molecule has 0 spiro atoms. The van der Waals surface area contributed by atoms with Gasteiger partial charge in [-0.2, -0.15) is 0 Å². The van der Waals surface area contributed by atoms with Crippen LogP contribution in [0.25, 0.3) is 10.9 Å². The van der Waals surface area contributed by atoms with Gasteiger partial charge in [0.1, 0.15) is 0 Å². The summed E-state index contributed by atoms with van der Waals surface area (Å²) in [6.45, 7) is 10.6. The summed E-state index contributed by atoms with van der Waals surface area (Å²) >= 11 is 0. The van der Waals surface area contributed by atoms with Crippen LogP contribution in [0.5, 0.6) is 0 Å². The quantitative estimate of drug-likeness (QED) is 0.416. The molecule has 0 saturated carbocycles. The third-order valence-electron chi connectivity index (χ3n) is 6.18. The lowest BCUT2D eigenvalue weighted by atomic mass is 10.0. The van der Waals surface area contributed by atoms with Crippen molar-refractivity contribution in [1.29, 1.82) is 0 Å². The van der Waals surface area contributed by atoms with Crippen molar-refractivity contribution in [3.8, 4) is 0 Å². The maximum Gasteiger partial charge on any atom is 0.328 e. The molecule has 1 aliphatic rings. The third-order valence-corrected chi connectivity index (χ3v) is 6.18. The van der Waals surface area contributed by atoms with Crippen molar-refractivity contribution in [2.24, 2.45) is 0 Å². The van der Waals surface area contributed by atoms with E-state index in [0.29, 0.717) is 24.0 Å². The highest BCUT2D eigenvalue weighted by Gasteiger charge is 2.29. The lowest BCUT2D eigenvalue weighted by molar-refractivity contribution is -0.384. The number of aromatic nitrogens is 2. The number of rotatable bonds is 5. The van der Waals surface area contributed by atoms with Crippen LogP contribution in [0.3, 0.4) is 0 Å². The molecule has 0 aliphatic carbocycles. The van der Waals surface area contributed by atoms with Crippen LogP contribution >= 0.6 is 0 Å². The number of fused-ring (bicyclic) bond motifs is 1. The van der Waals surface area contributed by atoms with E-state index in [4.69, 9.17) is 0 Å². The van der Waals surface area contributed by atoms with Crippen LogP contribution in [0, 0.1) is 10.1 Å². The molecule has 1 aliphatic heterocycles. The number of carbonyl (C=O) groups excluding carboxylic acids is 1. The van der Waals surface area contributed by atoms with Gasteiger partial charge in [0, 0.05) is 61.1 Å². The van der Waals surface area contributed by atoms with Gasteiger partial charge in [0.15, 0.2) is 5.82 Å². The molecule has 1 saturated heterocycles. The molecule has 3 aromatic rings. The van der Waals surface area contributed by atoms with Gasteiger partial charge in [-0.1, -0.05) is 0 Å². The number of amides is 1. The molecule has 1 N–H and O–H groups in total. The van der Waals surface area contributed by atoms with Crippen LogP contribution < -0.4 is 10.2 Å². The molecule has 34 heavy (non-hydrogen) atoms. The number of benzene rings is 1. The molecule has 9 nitrogen and oxygen atoms in total. The lowest BCUT2D eigenvalue weighted by Crippen LogP contribution is -2.48. The molecule has 1 amide bonds. The molecule has 1 fully saturated rings. The van der Waals surface area contributed by atoms with Crippen LogP contribution in [0.15, 0.2) is 48.8 Å². The number of hydrogen-bond acceptors (Lipinski definition) is 6. The molecule has 0 bridgehead atoms. The van der Waals surface area contributed by atoms with E-state index in [1.807, 2.05) is 17.2 Å². The van der Waals surface area contributed by atoms with Gasteiger partial charge in [-0.05, 0) is 64.8 Å². The van der Waals surface area contributed by atoms with E-state index in [-0.39, 0.29) is 23.3 Å². The number of non-ortho nitro benzene ring substituents is 1. The molecular formula is C25H32N6O3. The van der Waals surface area contributed by atoms with Crippen molar-refractivity contribution in [1.82, 2.24) is 14.5 Å². The number of piperidine rings is 1. The number of hydrogen-bond donors (Lipinski definition) is 1. The Labute approximate surface area is 199 Å². The monoisotopic (exact) mass is 464 g/mol. The molecule has 0 radical (unpaired) electrons. The van der Waals surface area contributed by atoms with Crippen LogP contribution in [-0.2, 0) is 0 Å². The first-order valence-electron chi connectivity index (χ1n) is 11.7. The Bertz CT molecular complexity index is 1190. The van der Waals surface area contributed by atoms with Gasteiger partial charge in [-0.25, -0.2) is 9.78 Å². The van der Waals surface area contributed by atoms with Gasteiger partial charge >= 0.3 is 6.03 Å². The predicted molar refractivity (Wildman–Crippen MR) is 135 cm³/mol. The smallest absolute Gasteiger partial charge is 0.328 e. The number of nitro benzene ring substituents is 1. The number of anilines is 2. The zero-order valence-electron chi connectivity index (χ0n) is 20.2. The zero-order chi connectivity index (χ0) is 24.5. The fraction of sp³-hybridized carbons (Fsp3) is 0.440. The van der Waals surface area contributed by atoms with Crippen molar-refractivity contribution >= 4 is 34.1 Å².